The molecule has 2 N–H and O–H groups in total. The van der Waals surface area contributed by atoms with Gasteiger partial charge in [-0.05, 0) is 44.5 Å². The topological polar surface area (TPSA) is 127 Å². The number of nitrogens with one attached hydrogen (secondary N) is 1. The minimum absolute atomic E-state index is 0.00367. The van der Waals surface area contributed by atoms with Crippen molar-refractivity contribution in [2.75, 3.05) is 31.6 Å². The second-order valence-electron chi connectivity index (χ2n) is 8.20. The maximum absolute atomic E-state index is 13.0. The van der Waals surface area contributed by atoms with Gasteiger partial charge < -0.3 is 10.0 Å². The monoisotopic (exact) mass is 428 g/mol. The van der Waals surface area contributed by atoms with E-state index in [1.54, 1.807) is 25.2 Å². The van der Waals surface area contributed by atoms with Crippen LogP contribution in [0.1, 0.15) is 46.4 Å². The molecule has 2 fully saturated rings. The van der Waals surface area contributed by atoms with Crippen LogP contribution >= 0.6 is 0 Å². The maximum Gasteiger partial charge on any atom is 0.317 e. The van der Waals surface area contributed by atoms with E-state index in [4.69, 9.17) is 5.11 Å². The standard InChI is InChI=1S/C21H24N4O6/c1-23(11-18(27)28)12-6-8-24(9-7-12)13-2-3-14-15(10-13)21(31)25(20(14)30)16-4-5-17(26)22-19(16)29/h2-3,10,12,16H,4-9,11H2,1H3,(H,27,28)(H,22,26,29). The number of carbonyl (C=O) groups is 5. The number of carboxylic acid groups (broad SMARTS) is 1. The number of rotatable bonds is 5. The van der Waals surface area contributed by atoms with E-state index in [-0.39, 0.29) is 36.6 Å². The summed E-state index contributed by atoms with van der Waals surface area (Å²) in [5.41, 5.74) is 1.33. The van der Waals surface area contributed by atoms with Crippen molar-refractivity contribution in [1.82, 2.24) is 15.1 Å². The predicted octanol–water partition coefficient (Wildman–Crippen LogP) is 0.0730. The van der Waals surface area contributed by atoms with Crippen molar-refractivity contribution in [2.45, 2.75) is 37.8 Å². The zero-order valence-electron chi connectivity index (χ0n) is 17.2. The normalized spacial score (nSPS) is 22.2. The second kappa shape index (κ2) is 8.10. The third-order valence-corrected chi connectivity index (χ3v) is 6.26. The van der Waals surface area contributed by atoms with Gasteiger partial charge in [-0.3, -0.25) is 39.1 Å². The van der Waals surface area contributed by atoms with Gasteiger partial charge in [0.1, 0.15) is 6.04 Å². The molecule has 10 heteroatoms. The Kier molecular flexibility index (Phi) is 5.48. The number of aliphatic carboxylic acids is 1. The summed E-state index contributed by atoms with van der Waals surface area (Å²) in [5, 5.41) is 11.2. The molecule has 0 aliphatic carbocycles. The van der Waals surface area contributed by atoms with E-state index >= 15 is 0 Å². The van der Waals surface area contributed by atoms with Crippen LogP contribution in [0.4, 0.5) is 5.69 Å². The Balaban J connectivity index is 1.47. The number of benzene rings is 1. The van der Waals surface area contributed by atoms with E-state index in [1.165, 1.54) is 0 Å². The molecule has 1 aromatic carbocycles. The van der Waals surface area contributed by atoms with Gasteiger partial charge in [-0.1, -0.05) is 0 Å². The molecular formula is C21H24N4O6. The Labute approximate surface area is 178 Å². The number of piperidine rings is 2. The quantitative estimate of drug-likeness (QED) is 0.631. The molecule has 1 aromatic rings. The van der Waals surface area contributed by atoms with E-state index in [1.807, 2.05) is 4.90 Å². The highest BCUT2D eigenvalue weighted by Gasteiger charge is 2.44. The van der Waals surface area contributed by atoms with Gasteiger partial charge in [-0.2, -0.15) is 0 Å². The molecule has 0 radical (unpaired) electrons. The minimum atomic E-state index is -0.978. The summed E-state index contributed by atoms with van der Waals surface area (Å²) >= 11 is 0. The van der Waals surface area contributed by atoms with Gasteiger partial charge in [0.15, 0.2) is 0 Å². The lowest BCUT2D eigenvalue weighted by molar-refractivity contribution is -0.139. The van der Waals surface area contributed by atoms with Crippen molar-refractivity contribution in [3.63, 3.8) is 0 Å². The molecule has 164 valence electrons. The number of fused-ring (bicyclic) bond motifs is 1. The molecule has 4 amide bonds. The zero-order chi connectivity index (χ0) is 22.3. The summed E-state index contributed by atoms with van der Waals surface area (Å²) in [6.45, 7) is 1.40. The number of amides is 4. The molecule has 0 bridgehead atoms. The van der Waals surface area contributed by atoms with E-state index in [2.05, 4.69) is 10.2 Å². The average molecular weight is 428 g/mol. The van der Waals surface area contributed by atoms with Crippen molar-refractivity contribution in [3.8, 4) is 0 Å². The van der Waals surface area contributed by atoms with Crippen LogP contribution in [0.15, 0.2) is 18.2 Å². The molecule has 10 nitrogen and oxygen atoms in total. The van der Waals surface area contributed by atoms with Gasteiger partial charge >= 0.3 is 5.97 Å². The molecule has 0 spiro atoms. The van der Waals surface area contributed by atoms with Crippen LogP contribution in [-0.2, 0) is 14.4 Å². The molecule has 31 heavy (non-hydrogen) atoms. The summed E-state index contributed by atoms with van der Waals surface area (Å²) in [7, 11) is 1.80. The van der Waals surface area contributed by atoms with Crippen molar-refractivity contribution in [1.29, 1.82) is 0 Å². The van der Waals surface area contributed by atoms with Crippen LogP contribution in [0.5, 0.6) is 0 Å². The van der Waals surface area contributed by atoms with Gasteiger partial charge in [0.05, 0.1) is 17.7 Å². The molecule has 1 atom stereocenters. The molecule has 3 heterocycles. The number of likely N-dealkylation sites (N-methyl/N-ethyl adjacent to an activating group) is 1. The van der Waals surface area contributed by atoms with Crippen LogP contribution in [0.3, 0.4) is 0 Å². The third kappa shape index (κ3) is 3.90. The first-order valence-electron chi connectivity index (χ1n) is 10.3. The van der Waals surface area contributed by atoms with Gasteiger partial charge in [-0.15, -0.1) is 0 Å². The number of hydrogen-bond acceptors (Lipinski definition) is 7. The van der Waals surface area contributed by atoms with E-state index in [0.717, 1.165) is 23.4 Å². The highest BCUT2D eigenvalue weighted by molar-refractivity contribution is 6.23. The van der Waals surface area contributed by atoms with Gasteiger partial charge in [0, 0.05) is 31.2 Å². The summed E-state index contributed by atoms with van der Waals surface area (Å²) in [6, 6.07) is 4.28. The van der Waals surface area contributed by atoms with Gasteiger partial charge in [-0.25, -0.2) is 0 Å². The fourth-order valence-electron chi connectivity index (χ4n) is 4.56. The molecule has 0 saturated carbocycles. The lowest BCUT2D eigenvalue weighted by atomic mass is 10.0. The Morgan fingerprint density at radius 1 is 1.10 bits per heavy atom. The third-order valence-electron chi connectivity index (χ3n) is 6.26. The van der Waals surface area contributed by atoms with Crippen molar-refractivity contribution >= 4 is 35.3 Å². The molecule has 2 saturated heterocycles. The zero-order valence-corrected chi connectivity index (χ0v) is 17.2. The average Bonchev–Trinajstić information content (AvgIpc) is 2.98. The Morgan fingerprint density at radius 3 is 2.42 bits per heavy atom. The number of imide groups is 2. The van der Waals surface area contributed by atoms with E-state index in [0.29, 0.717) is 13.1 Å². The first kappa shape index (κ1) is 21.0. The maximum atomic E-state index is 13.0. The van der Waals surface area contributed by atoms with Gasteiger partial charge in [0.25, 0.3) is 11.8 Å². The van der Waals surface area contributed by atoms with Crippen LogP contribution in [0.2, 0.25) is 0 Å². The summed E-state index contributed by atoms with van der Waals surface area (Å²) < 4.78 is 0. The number of carbonyl (C=O) groups excluding carboxylic acids is 4. The molecule has 3 aliphatic heterocycles. The van der Waals surface area contributed by atoms with Crippen LogP contribution in [0, 0.1) is 0 Å². The first-order chi connectivity index (χ1) is 14.8. The Hall–Kier alpha value is -3.27. The SMILES string of the molecule is CN(CC(=O)O)C1CCN(c2ccc3c(c2)C(=O)N(C2CCC(=O)NC2=O)C3=O)CC1. The molecule has 3 aliphatic rings. The number of carboxylic acids is 1. The summed E-state index contributed by atoms with van der Waals surface area (Å²) in [6.07, 6.45) is 1.78. The smallest absolute Gasteiger partial charge is 0.317 e. The largest absolute Gasteiger partial charge is 0.480 e. The fourth-order valence-corrected chi connectivity index (χ4v) is 4.56. The van der Waals surface area contributed by atoms with E-state index in [9.17, 15) is 24.0 Å². The number of nitrogens with zero attached hydrogens (tertiary/aromatic N) is 3. The fraction of sp³-hybridized carbons (Fsp3) is 0.476. The van der Waals surface area contributed by atoms with Crippen LogP contribution in [0.25, 0.3) is 0 Å². The summed E-state index contributed by atoms with van der Waals surface area (Å²) in [5.74, 6) is -2.93. The molecular weight excluding hydrogens is 404 g/mol. The van der Waals surface area contributed by atoms with Gasteiger partial charge in [0.2, 0.25) is 11.8 Å². The predicted molar refractivity (Wildman–Crippen MR) is 109 cm³/mol. The summed E-state index contributed by atoms with van der Waals surface area (Å²) in [4.78, 5) is 65.2. The van der Waals surface area contributed by atoms with Crippen molar-refractivity contribution in [2.24, 2.45) is 0 Å². The highest BCUT2D eigenvalue weighted by atomic mass is 16.4. The minimum Gasteiger partial charge on any atom is -0.480 e. The highest BCUT2D eigenvalue weighted by Crippen LogP contribution is 2.31. The lowest BCUT2D eigenvalue weighted by Gasteiger charge is -2.37. The number of hydrogen-bond donors (Lipinski definition) is 2. The lowest BCUT2D eigenvalue weighted by Crippen LogP contribution is -2.54. The number of anilines is 1. The van der Waals surface area contributed by atoms with Crippen molar-refractivity contribution in [3.05, 3.63) is 29.3 Å². The van der Waals surface area contributed by atoms with Crippen LogP contribution < -0.4 is 10.2 Å². The van der Waals surface area contributed by atoms with E-state index < -0.39 is 35.6 Å². The Morgan fingerprint density at radius 2 is 1.77 bits per heavy atom. The molecule has 0 aromatic heterocycles. The first-order valence-corrected chi connectivity index (χ1v) is 10.3. The molecule has 1 unspecified atom stereocenters. The molecule has 4 rings (SSSR count). The Bertz CT molecular complexity index is 969. The van der Waals surface area contributed by atoms with Crippen LogP contribution in [-0.4, -0.2) is 83.3 Å². The second-order valence-corrected chi connectivity index (χ2v) is 8.20. The van der Waals surface area contributed by atoms with Crippen molar-refractivity contribution < 1.29 is 29.1 Å².